The number of fused-ring (bicyclic) bond motifs is 1. The molecule has 2 aliphatic rings. The number of amides is 1. The molecule has 0 aromatic rings. The largest absolute Gasteiger partial charge is 0.392 e. The molecule has 5 heteroatoms. The molecule has 172 valence electrons. The summed E-state index contributed by atoms with van der Waals surface area (Å²) in [6.07, 6.45) is 12.3. The number of hydrogen-bond donors (Lipinski definition) is 2. The van der Waals surface area contributed by atoms with Crippen LogP contribution in [0.2, 0.25) is 0 Å². The number of ether oxygens (including phenoxy) is 1. The Morgan fingerprint density at radius 3 is 2.77 bits per heavy atom. The van der Waals surface area contributed by atoms with E-state index in [9.17, 15) is 15.0 Å². The molecular weight excluding hydrogens is 378 g/mol. The van der Waals surface area contributed by atoms with Crippen molar-refractivity contribution in [1.29, 1.82) is 0 Å². The van der Waals surface area contributed by atoms with Gasteiger partial charge in [-0.25, -0.2) is 0 Å². The van der Waals surface area contributed by atoms with E-state index in [1.54, 1.807) is 4.90 Å². The highest BCUT2D eigenvalue weighted by Gasteiger charge is 2.43. The lowest BCUT2D eigenvalue weighted by Crippen LogP contribution is -2.44. The van der Waals surface area contributed by atoms with Crippen molar-refractivity contribution >= 4 is 5.91 Å². The van der Waals surface area contributed by atoms with E-state index in [0.29, 0.717) is 18.4 Å². The van der Waals surface area contributed by atoms with Crippen molar-refractivity contribution in [3.05, 3.63) is 23.8 Å². The van der Waals surface area contributed by atoms with Crippen LogP contribution in [-0.2, 0) is 9.53 Å². The number of aliphatic hydroxyl groups is 2. The Hall–Kier alpha value is -1.17. The standard InChI is InChI=1S/C25H43NO4/c1-6-7-8-9-20(27)10-11-21-22-15-18(14-19(22)16-23(21)28)12-13-30-17-24(29)26(5)25(2,3)4/h10-11,14,19-23,27-28H,6-9,12-13,15-17H2,1-5H3/b11-10+/t19-,20-,21+,22-,23+/m0/s1. The summed E-state index contributed by atoms with van der Waals surface area (Å²) in [6, 6.07) is 0. The molecule has 1 saturated carbocycles. The van der Waals surface area contributed by atoms with Gasteiger partial charge in [-0.15, -0.1) is 0 Å². The molecule has 0 aromatic carbocycles. The Morgan fingerprint density at radius 1 is 1.37 bits per heavy atom. The van der Waals surface area contributed by atoms with E-state index in [2.05, 4.69) is 19.1 Å². The summed E-state index contributed by atoms with van der Waals surface area (Å²) in [5.74, 6) is 0.955. The Morgan fingerprint density at radius 2 is 2.10 bits per heavy atom. The van der Waals surface area contributed by atoms with Gasteiger partial charge in [0.2, 0.25) is 5.91 Å². The summed E-state index contributed by atoms with van der Waals surface area (Å²) in [4.78, 5) is 13.9. The highest BCUT2D eigenvalue weighted by atomic mass is 16.5. The van der Waals surface area contributed by atoms with Crippen LogP contribution >= 0.6 is 0 Å². The quantitative estimate of drug-likeness (QED) is 0.389. The van der Waals surface area contributed by atoms with Gasteiger partial charge in [-0.3, -0.25) is 4.79 Å². The van der Waals surface area contributed by atoms with Gasteiger partial charge in [0.15, 0.2) is 0 Å². The topological polar surface area (TPSA) is 70.0 Å². The first-order valence-electron chi connectivity index (χ1n) is 11.7. The zero-order chi connectivity index (χ0) is 22.3. The molecule has 0 spiro atoms. The maximum atomic E-state index is 12.2. The van der Waals surface area contributed by atoms with Crippen LogP contribution in [0.15, 0.2) is 23.8 Å². The number of likely N-dealkylation sites (N-methyl/N-ethyl adjacent to an activating group) is 1. The van der Waals surface area contributed by atoms with Crippen LogP contribution < -0.4 is 0 Å². The molecule has 0 unspecified atom stereocenters. The second kappa shape index (κ2) is 11.4. The zero-order valence-electron chi connectivity index (χ0n) is 19.6. The lowest BCUT2D eigenvalue weighted by molar-refractivity contribution is -0.139. The molecule has 2 aliphatic carbocycles. The van der Waals surface area contributed by atoms with E-state index >= 15 is 0 Å². The minimum absolute atomic E-state index is 0.00517. The molecule has 0 bridgehead atoms. The Labute approximate surface area is 183 Å². The lowest BCUT2D eigenvalue weighted by atomic mass is 9.88. The smallest absolute Gasteiger partial charge is 0.248 e. The van der Waals surface area contributed by atoms with Gasteiger partial charge in [0, 0.05) is 18.5 Å². The van der Waals surface area contributed by atoms with E-state index in [4.69, 9.17) is 4.74 Å². The van der Waals surface area contributed by atoms with Gasteiger partial charge >= 0.3 is 0 Å². The molecule has 0 aromatic heterocycles. The predicted molar refractivity (Wildman–Crippen MR) is 121 cm³/mol. The Kier molecular flexibility index (Phi) is 9.58. The average Bonchev–Trinajstić information content (AvgIpc) is 3.18. The SMILES string of the molecule is CCCCC[C@H](O)/C=C/[C@@H]1[C@H]2CC(CCOCC(=O)N(C)C(C)(C)C)=C[C@H]2C[C@H]1O. The fourth-order valence-corrected chi connectivity index (χ4v) is 4.58. The molecule has 0 aliphatic heterocycles. The lowest BCUT2D eigenvalue weighted by Gasteiger charge is -2.31. The molecule has 0 radical (unpaired) electrons. The van der Waals surface area contributed by atoms with Gasteiger partial charge in [0.05, 0.1) is 18.8 Å². The van der Waals surface area contributed by atoms with Crippen molar-refractivity contribution in [2.75, 3.05) is 20.3 Å². The van der Waals surface area contributed by atoms with E-state index in [0.717, 1.165) is 44.9 Å². The third-order valence-electron chi connectivity index (χ3n) is 6.78. The molecule has 0 heterocycles. The van der Waals surface area contributed by atoms with Gasteiger partial charge in [0.1, 0.15) is 6.61 Å². The number of unbranched alkanes of at least 4 members (excludes halogenated alkanes) is 2. The third-order valence-corrected chi connectivity index (χ3v) is 6.78. The highest BCUT2D eigenvalue weighted by molar-refractivity contribution is 5.77. The first-order chi connectivity index (χ1) is 14.1. The van der Waals surface area contributed by atoms with Crippen LogP contribution in [0.25, 0.3) is 0 Å². The van der Waals surface area contributed by atoms with Crippen molar-refractivity contribution in [2.24, 2.45) is 17.8 Å². The van der Waals surface area contributed by atoms with Gasteiger partial charge in [-0.1, -0.05) is 50.0 Å². The average molecular weight is 422 g/mol. The second-order valence-electron chi connectivity index (χ2n) is 10.1. The summed E-state index contributed by atoms with van der Waals surface area (Å²) in [6.45, 7) is 8.86. The van der Waals surface area contributed by atoms with Crippen LogP contribution in [0.5, 0.6) is 0 Å². The monoisotopic (exact) mass is 421 g/mol. The van der Waals surface area contributed by atoms with Crippen molar-refractivity contribution in [1.82, 2.24) is 4.90 Å². The minimum Gasteiger partial charge on any atom is -0.392 e. The Balaban J connectivity index is 1.75. The summed E-state index contributed by atoms with van der Waals surface area (Å²) in [7, 11) is 1.81. The van der Waals surface area contributed by atoms with Crippen molar-refractivity contribution in [2.45, 2.75) is 90.4 Å². The van der Waals surface area contributed by atoms with Gasteiger partial charge in [-0.05, 0) is 58.3 Å². The number of carbonyl (C=O) groups is 1. The van der Waals surface area contributed by atoms with Crippen LogP contribution in [0.1, 0.15) is 72.6 Å². The molecule has 2 rings (SSSR count). The predicted octanol–water partition coefficient (Wildman–Crippen LogP) is 4.09. The van der Waals surface area contributed by atoms with Crippen LogP contribution in [0.4, 0.5) is 0 Å². The first-order valence-corrected chi connectivity index (χ1v) is 11.7. The van der Waals surface area contributed by atoms with Gasteiger partial charge in [0.25, 0.3) is 0 Å². The van der Waals surface area contributed by atoms with Crippen LogP contribution in [-0.4, -0.2) is 59.0 Å². The molecule has 2 N–H and O–H groups in total. The van der Waals surface area contributed by atoms with Crippen LogP contribution in [0.3, 0.4) is 0 Å². The number of rotatable bonds is 11. The molecule has 0 saturated heterocycles. The van der Waals surface area contributed by atoms with Crippen molar-refractivity contribution in [3.63, 3.8) is 0 Å². The molecule has 5 atom stereocenters. The minimum atomic E-state index is -0.409. The number of carbonyl (C=O) groups excluding carboxylic acids is 1. The molecule has 1 fully saturated rings. The first kappa shape index (κ1) is 25.1. The summed E-state index contributed by atoms with van der Waals surface area (Å²) < 4.78 is 5.64. The number of nitrogens with zero attached hydrogens (tertiary/aromatic N) is 1. The maximum absolute atomic E-state index is 12.2. The van der Waals surface area contributed by atoms with Crippen molar-refractivity contribution < 1.29 is 19.7 Å². The van der Waals surface area contributed by atoms with Gasteiger partial charge < -0.3 is 19.8 Å². The van der Waals surface area contributed by atoms with E-state index < -0.39 is 6.10 Å². The normalized spacial score (nSPS) is 27.4. The zero-order valence-corrected chi connectivity index (χ0v) is 19.6. The third kappa shape index (κ3) is 7.21. The molecule has 5 nitrogen and oxygen atoms in total. The summed E-state index contributed by atoms with van der Waals surface area (Å²) in [5.41, 5.74) is 1.18. The Bertz CT molecular complexity index is 607. The van der Waals surface area contributed by atoms with Crippen LogP contribution in [0, 0.1) is 17.8 Å². The highest BCUT2D eigenvalue weighted by Crippen LogP contribution is 2.47. The fraction of sp³-hybridized carbons (Fsp3) is 0.800. The maximum Gasteiger partial charge on any atom is 0.248 e. The molecule has 30 heavy (non-hydrogen) atoms. The molecular formula is C25H43NO4. The van der Waals surface area contributed by atoms with E-state index in [1.165, 1.54) is 5.57 Å². The summed E-state index contributed by atoms with van der Waals surface area (Å²) >= 11 is 0. The van der Waals surface area contributed by atoms with Crippen molar-refractivity contribution in [3.8, 4) is 0 Å². The van der Waals surface area contributed by atoms with Gasteiger partial charge in [-0.2, -0.15) is 0 Å². The number of hydrogen-bond acceptors (Lipinski definition) is 4. The second-order valence-corrected chi connectivity index (χ2v) is 10.1. The summed E-state index contributed by atoms with van der Waals surface area (Å²) in [5, 5.41) is 20.6. The van der Waals surface area contributed by atoms with E-state index in [1.807, 2.05) is 33.9 Å². The molecule has 1 amide bonds. The number of allylic oxidation sites excluding steroid dienone is 1. The number of aliphatic hydroxyl groups excluding tert-OH is 2. The van der Waals surface area contributed by atoms with E-state index in [-0.39, 0.29) is 30.1 Å². The fourth-order valence-electron chi connectivity index (χ4n) is 4.58.